The van der Waals surface area contributed by atoms with Crippen LogP contribution in [-0.2, 0) is 26.1 Å². The van der Waals surface area contributed by atoms with Crippen LogP contribution >= 0.6 is 0 Å². The Kier molecular flexibility index (Phi) is 4.78. The van der Waals surface area contributed by atoms with E-state index in [0.717, 1.165) is 22.4 Å². The normalized spacial score (nSPS) is 15.8. The second kappa shape index (κ2) is 7.52. The third-order valence-corrected chi connectivity index (χ3v) is 7.10. The molecule has 0 aliphatic carbocycles. The molecule has 2 aliphatic heterocycles. The summed E-state index contributed by atoms with van der Waals surface area (Å²) in [6.07, 6.45) is 3.06. The summed E-state index contributed by atoms with van der Waals surface area (Å²) >= 11 is 0. The molecule has 0 atom stereocenters. The maximum atomic E-state index is 12.8. The zero-order valence-electron chi connectivity index (χ0n) is 17.6. The second-order valence-electron chi connectivity index (χ2n) is 7.87. The molecule has 3 heterocycles. The van der Waals surface area contributed by atoms with Gasteiger partial charge >= 0.3 is 0 Å². The molecule has 32 heavy (non-hydrogen) atoms. The SMILES string of the molecule is Cc1cccc(-n2nc3c(c2NC(=O)/C=C\c2ccc4c(c2)OCO4)CS(=O)(=O)C3)c1C. The molecule has 2 aliphatic rings. The molecule has 0 saturated carbocycles. The van der Waals surface area contributed by atoms with Crippen LogP contribution in [0.1, 0.15) is 27.9 Å². The summed E-state index contributed by atoms with van der Waals surface area (Å²) in [5.74, 6) is 1.02. The number of carbonyl (C=O) groups is 1. The smallest absolute Gasteiger partial charge is 0.249 e. The lowest BCUT2D eigenvalue weighted by Crippen LogP contribution is -2.15. The summed E-state index contributed by atoms with van der Waals surface area (Å²) in [6.45, 7) is 4.14. The number of hydrogen-bond acceptors (Lipinski definition) is 6. The largest absolute Gasteiger partial charge is 0.454 e. The van der Waals surface area contributed by atoms with Crippen molar-refractivity contribution in [2.45, 2.75) is 25.4 Å². The third-order valence-electron chi connectivity index (χ3n) is 5.66. The van der Waals surface area contributed by atoms with Crippen molar-refractivity contribution in [3.8, 4) is 17.2 Å². The first-order chi connectivity index (χ1) is 15.3. The highest BCUT2D eigenvalue weighted by Gasteiger charge is 2.33. The van der Waals surface area contributed by atoms with Crippen LogP contribution in [0.15, 0.2) is 42.5 Å². The molecule has 9 heteroatoms. The number of ether oxygens (including phenoxy) is 2. The highest BCUT2D eigenvalue weighted by Crippen LogP contribution is 2.35. The first-order valence-electron chi connectivity index (χ1n) is 10.1. The van der Waals surface area contributed by atoms with Gasteiger partial charge in [0.2, 0.25) is 12.7 Å². The van der Waals surface area contributed by atoms with Gasteiger partial charge in [-0.1, -0.05) is 18.2 Å². The van der Waals surface area contributed by atoms with Crippen LogP contribution in [0.3, 0.4) is 0 Å². The monoisotopic (exact) mass is 451 g/mol. The molecule has 0 radical (unpaired) electrons. The van der Waals surface area contributed by atoms with Gasteiger partial charge in [0, 0.05) is 11.6 Å². The highest BCUT2D eigenvalue weighted by atomic mass is 32.2. The Labute approximate surface area is 185 Å². The molecule has 164 valence electrons. The fraction of sp³-hybridized carbons (Fsp3) is 0.217. The van der Waals surface area contributed by atoms with Crippen molar-refractivity contribution < 1.29 is 22.7 Å². The maximum absolute atomic E-state index is 12.8. The molecule has 1 N–H and O–H groups in total. The number of aryl methyl sites for hydroxylation is 1. The Bertz CT molecular complexity index is 1390. The lowest BCUT2D eigenvalue weighted by Gasteiger charge is -2.13. The van der Waals surface area contributed by atoms with E-state index in [2.05, 4.69) is 10.4 Å². The summed E-state index contributed by atoms with van der Waals surface area (Å²) in [5, 5.41) is 7.39. The number of hydrogen-bond donors (Lipinski definition) is 1. The van der Waals surface area contributed by atoms with Crippen molar-refractivity contribution in [1.82, 2.24) is 9.78 Å². The van der Waals surface area contributed by atoms with Crippen molar-refractivity contribution in [3.05, 3.63) is 70.4 Å². The van der Waals surface area contributed by atoms with Crippen molar-refractivity contribution in [1.29, 1.82) is 0 Å². The topological polar surface area (TPSA) is 99.5 Å². The van der Waals surface area contributed by atoms with Crippen molar-refractivity contribution in [2.75, 3.05) is 12.1 Å². The summed E-state index contributed by atoms with van der Waals surface area (Å²) in [4.78, 5) is 12.8. The summed E-state index contributed by atoms with van der Waals surface area (Å²) < 4.78 is 36.6. The Morgan fingerprint density at radius 1 is 1.12 bits per heavy atom. The minimum absolute atomic E-state index is 0.129. The molecule has 3 aromatic rings. The van der Waals surface area contributed by atoms with Crippen LogP contribution in [0.5, 0.6) is 11.5 Å². The van der Waals surface area contributed by atoms with Gasteiger partial charge in [-0.15, -0.1) is 0 Å². The van der Waals surface area contributed by atoms with Crippen LogP contribution in [0.2, 0.25) is 0 Å². The van der Waals surface area contributed by atoms with Gasteiger partial charge in [0.1, 0.15) is 5.82 Å². The van der Waals surface area contributed by atoms with Crippen molar-refractivity contribution >= 4 is 27.6 Å². The quantitative estimate of drug-likeness (QED) is 0.611. The minimum atomic E-state index is -3.27. The molecule has 0 unspecified atom stereocenters. The third kappa shape index (κ3) is 3.64. The van der Waals surface area contributed by atoms with Gasteiger partial charge in [0.25, 0.3) is 0 Å². The Hall–Kier alpha value is -3.59. The van der Waals surface area contributed by atoms with Gasteiger partial charge in [-0.3, -0.25) is 4.79 Å². The summed E-state index contributed by atoms with van der Waals surface area (Å²) in [7, 11) is -3.27. The second-order valence-corrected chi connectivity index (χ2v) is 9.94. The van der Waals surface area contributed by atoms with Crippen LogP contribution in [0.25, 0.3) is 11.8 Å². The van der Waals surface area contributed by atoms with E-state index in [4.69, 9.17) is 9.47 Å². The Morgan fingerprint density at radius 3 is 2.78 bits per heavy atom. The van der Waals surface area contributed by atoms with E-state index in [-0.39, 0.29) is 24.2 Å². The average molecular weight is 452 g/mol. The number of nitrogens with zero attached hydrogens (tertiary/aromatic N) is 2. The van der Waals surface area contributed by atoms with E-state index in [1.54, 1.807) is 22.9 Å². The zero-order chi connectivity index (χ0) is 22.5. The molecule has 8 nitrogen and oxygen atoms in total. The molecule has 1 aromatic heterocycles. The number of aromatic nitrogens is 2. The highest BCUT2D eigenvalue weighted by molar-refractivity contribution is 7.90. The van der Waals surface area contributed by atoms with Gasteiger partial charge < -0.3 is 14.8 Å². The van der Waals surface area contributed by atoms with E-state index in [0.29, 0.717) is 28.6 Å². The predicted molar refractivity (Wildman–Crippen MR) is 120 cm³/mol. The standard InChI is InChI=1S/C23H21N3O5S/c1-14-4-3-5-19(15(14)2)26-23(17-11-32(28,29)12-18(17)25-26)24-22(27)9-7-16-6-8-20-21(10-16)31-13-30-20/h3-10H,11-13H2,1-2H3,(H,24,27)/b9-7-. The van der Waals surface area contributed by atoms with Gasteiger partial charge in [0.15, 0.2) is 21.3 Å². The number of rotatable bonds is 4. The Morgan fingerprint density at radius 2 is 1.94 bits per heavy atom. The zero-order valence-corrected chi connectivity index (χ0v) is 18.4. The van der Waals surface area contributed by atoms with E-state index in [1.165, 1.54) is 6.08 Å². The Balaban J connectivity index is 1.47. The molecule has 0 bridgehead atoms. The van der Waals surface area contributed by atoms with Gasteiger partial charge in [-0.25, -0.2) is 13.1 Å². The number of anilines is 1. The van der Waals surface area contributed by atoms with Crippen molar-refractivity contribution in [2.24, 2.45) is 0 Å². The maximum Gasteiger partial charge on any atom is 0.249 e. The van der Waals surface area contributed by atoms with Crippen LogP contribution in [0, 0.1) is 13.8 Å². The van der Waals surface area contributed by atoms with E-state index in [1.807, 2.05) is 38.1 Å². The fourth-order valence-electron chi connectivity index (χ4n) is 3.86. The lowest BCUT2D eigenvalue weighted by molar-refractivity contribution is -0.111. The molecular formula is C23H21N3O5S. The van der Waals surface area contributed by atoms with Crippen LogP contribution < -0.4 is 14.8 Å². The number of benzene rings is 2. The average Bonchev–Trinajstić information content (AvgIpc) is 3.41. The molecule has 0 spiro atoms. The molecular weight excluding hydrogens is 430 g/mol. The first-order valence-corrected chi connectivity index (χ1v) is 11.9. The number of nitrogens with one attached hydrogen (secondary N) is 1. The van der Waals surface area contributed by atoms with Gasteiger partial charge in [-0.2, -0.15) is 5.10 Å². The van der Waals surface area contributed by atoms with Crippen LogP contribution in [-0.4, -0.2) is 30.9 Å². The number of sulfone groups is 1. The molecule has 0 saturated heterocycles. The first kappa shape index (κ1) is 20.3. The van der Waals surface area contributed by atoms with E-state index >= 15 is 0 Å². The number of carbonyl (C=O) groups excluding carboxylic acids is 1. The predicted octanol–water partition coefficient (Wildman–Crippen LogP) is 3.30. The molecule has 2 aromatic carbocycles. The fourth-order valence-corrected chi connectivity index (χ4v) is 5.35. The minimum Gasteiger partial charge on any atom is -0.454 e. The van der Waals surface area contributed by atoms with Crippen molar-refractivity contribution in [3.63, 3.8) is 0 Å². The molecule has 5 rings (SSSR count). The van der Waals surface area contributed by atoms with Gasteiger partial charge in [-0.05, 0) is 54.8 Å². The van der Waals surface area contributed by atoms with Gasteiger partial charge in [0.05, 0.1) is 22.9 Å². The summed E-state index contributed by atoms with van der Waals surface area (Å²) in [6, 6.07) is 11.2. The molecule has 0 fully saturated rings. The van der Waals surface area contributed by atoms with Crippen LogP contribution in [0.4, 0.5) is 5.82 Å². The van der Waals surface area contributed by atoms with E-state index < -0.39 is 9.84 Å². The summed E-state index contributed by atoms with van der Waals surface area (Å²) in [5.41, 5.74) is 4.66. The van der Waals surface area contributed by atoms with E-state index in [9.17, 15) is 13.2 Å². The number of amides is 1. The molecule has 1 amide bonds. The number of fused-ring (bicyclic) bond motifs is 2. The lowest BCUT2D eigenvalue weighted by atomic mass is 10.1.